The zero-order valence-electron chi connectivity index (χ0n) is 19.5. The number of aryl methyl sites for hydroxylation is 1. The van der Waals surface area contributed by atoms with E-state index in [9.17, 15) is 18.0 Å². The number of anilines is 1. The van der Waals surface area contributed by atoms with Crippen LogP contribution in [-0.2, 0) is 26.2 Å². The van der Waals surface area contributed by atoms with Gasteiger partial charge in [0.2, 0.25) is 21.8 Å². The van der Waals surface area contributed by atoms with Crippen LogP contribution in [0.1, 0.15) is 37.8 Å². The summed E-state index contributed by atoms with van der Waals surface area (Å²) < 4.78 is 26.0. The minimum absolute atomic E-state index is 0.180. The number of amides is 2. The van der Waals surface area contributed by atoms with Gasteiger partial charge in [0.05, 0.1) is 11.9 Å². The number of unbranched alkanes of at least 4 members (excludes halogenated alkanes) is 1. The van der Waals surface area contributed by atoms with E-state index >= 15 is 0 Å². The van der Waals surface area contributed by atoms with Gasteiger partial charge >= 0.3 is 0 Å². The van der Waals surface area contributed by atoms with E-state index in [1.54, 1.807) is 31.2 Å². The third-order valence-electron chi connectivity index (χ3n) is 5.26. The fourth-order valence-corrected chi connectivity index (χ4v) is 4.21. The second-order valence-electron chi connectivity index (χ2n) is 8.07. The van der Waals surface area contributed by atoms with E-state index in [-0.39, 0.29) is 12.5 Å². The highest BCUT2D eigenvalue weighted by molar-refractivity contribution is 7.92. The first-order valence-electron chi connectivity index (χ1n) is 10.9. The van der Waals surface area contributed by atoms with Gasteiger partial charge in [-0.15, -0.1) is 0 Å². The van der Waals surface area contributed by atoms with E-state index in [4.69, 9.17) is 11.6 Å². The molecule has 0 aliphatic heterocycles. The Labute approximate surface area is 201 Å². The summed E-state index contributed by atoms with van der Waals surface area (Å²) in [7, 11) is -3.76. The molecule has 1 N–H and O–H groups in total. The van der Waals surface area contributed by atoms with E-state index in [1.165, 1.54) is 4.90 Å². The first-order chi connectivity index (χ1) is 15.5. The number of hydrogen-bond acceptors (Lipinski definition) is 4. The highest BCUT2D eigenvalue weighted by Gasteiger charge is 2.29. The van der Waals surface area contributed by atoms with Crippen LogP contribution in [0.15, 0.2) is 48.5 Å². The van der Waals surface area contributed by atoms with Crippen LogP contribution in [0.3, 0.4) is 0 Å². The summed E-state index contributed by atoms with van der Waals surface area (Å²) >= 11 is 5.93. The van der Waals surface area contributed by atoms with Crippen molar-refractivity contribution in [2.75, 3.05) is 23.7 Å². The average molecular weight is 494 g/mol. The van der Waals surface area contributed by atoms with Gasteiger partial charge in [0.1, 0.15) is 12.6 Å². The van der Waals surface area contributed by atoms with Crippen molar-refractivity contribution in [2.45, 2.75) is 46.2 Å². The topological polar surface area (TPSA) is 86.8 Å². The first kappa shape index (κ1) is 26.7. The first-order valence-corrected chi connectivity index (χ1v) is 13.1. The molecule has 2 amide bonds. The second-order valence-corrected chi connectivity index (χ2v) is 10.4. The van der Waals surface area contributed by atoms with Crippen LogP contribution in [-0.4, -0.2) is 50.5 Å². The lowest BCUT2D eigenvalue weighted by Gasteiger charge is -2.31. The van der Waals surface area contributed by atoms with Crippen molar-refractivity contribution in [3.63, 3.8) is 0 Å². The Morgan fingerprint density at radius 2 is 1.67 bits per heavy atom. The van der Waals surface area contributed by atoms with Gasteiger partial charge in [0.15, 0.2) is 0 Å². The van der Waals surface area contributed by atoms with Crippen LogP contribution in [0.25, 0.3) is 0 Å². The molecule has 33 heavy (non-hydrogen) atoms. The van der Waals surface area contributed by atoms with Gasteiger partial charge < -0.3 is 10.2 Å². The van der Waals surface area contributed by atoms with E-state index in [2.05, 4.69) is 5.32 Å². The second kappa shape index (κ2) is 12.0. The number of sulfonamides is 1. The van der Waals surface area contributed by atoms with Gasteiger partial charge in [-0.25, -0.2) is 8.42 Å². The summed E-state index contributed by atoms with van der Waals surface area (Å²) in [5, 5.41) is 3.31. The molecule has 0 aliphatic rings. The van der Waals surface area contributed by atoms with Gasteiger partial charge in [-0.2, -0.15) is 0 Å². The summed E-state index contributed by atoms with van der Waals surface area (Å²) in [6.07, 6.45) is 2.81. The van der Waals surface area contributed by atoms with Gasteiger partial charge in [-0.05, 0) is 50.1 Å². The molecule has 9 heteroatoms. The van der Waals surface area contributed by atoms with Crippen molar-refractivity contribution >= 4 is 39.1 Å². The molecule has 180 valence electrons. The van der Waals surface area contributed by atoms with Crippen LogP contribution in [0.2, 0.25) is 5.02 Å². The molecule has 7 nitrogen and oxygen atoms in total. The minimum Gasteiger partial charge on any atom is -0.354 e. The van der Waals surface area contributed by atoms with E-state index in [0.717, 1.165) is 34.5 Å². The number of rotatable bonds is 11. The molecule has 2 aromatic rings. The molecule has 0 spiro atoms. The van der Waals surface area contributed by atoms with Crippen LogP contribution in [0.4, 0.5) is 5.69 Å². The lowest BCUT2D eigenvalue weighted by atomic mass is 10.1. The number of nitrogens with one attached hydrogen (secondary N) is 1. The zero-order chi connectivity index (χ0) is 24.6. The molecule has 0 unspecified atom stereocenters. The lowest BCUT2D eigenvalue weighted by molar-refractivity contribution is -0.139. The molecule has 2 rings (SSSR count). The number of nitrogens with zero attached hydrogens (tertiary/aromatic N) is 2. The van der Waals surface area contributed by atoms with Crippen LogP contribution in [0.5, 0.6) is 0 Å². The fraction of sp³-hybridized carbons (Fsp3) is 0.417. The van der Waals surface area contributed by atoms with Crippen molar-refractivity contribution in [2.24, 2.45) is 0 Å². The maximum atomic E-state index is 13.4. The van der Waals surface area contributed by atoms with Crippen molar-refractivity contribution in [1.82, 2.24) is 10.2 Å². The van der Waals surface area contributed by atoms with E-state index in [0.29, 0.717) is 17.3 Å². The normalized spacial score (nSPS) is 12.2. The summed E-state index contributed by atoms with van der Waals surface area (Å²) in [5.74, 6) is -0.754. The average Bonchev–Trinajstić information content (AvgIpc) is 2.76. The van der Waals surface area contributed by atoms with Crippen molar-refractivity contribution < 1.29 is 18.0 Å². The molecule has 0 aromatic heterocycles. The third-order valence-corrected chi connectivity index (χ3v) is 6.66. The lowest BCUT2D eigenvalue weighted by Crippen LogP contribution is -2.51. The van der Waals surface area contributed by atoms with Gasteiger partial charge in [0.25, 0.3) is 0 Å². The van der Waals surface area contributed by atoms with Gasteiger partial charge in [-0.3, -0.25) is 13.9 Å². The number of carbonyl (C=O) groups is 2. The summed E-state index contributed by atoms with van der Waals surface area (Å²) in [4.78, 5) is 27.6. The zero-order valence-corrected chi connectivity index (χ0v) is 21.1. The standard InChI is InChI=1S/C24H32ClN3O4S/c1-5-6-15-26-24(30)19(3)27(16-20-9-7-18(2)8-10-20)23(29)17-28(33(4,31)32)22-13-11-21(25)12-14-22/h7-14,19H,5-6,15-17H2,1-4H3,(H,26,30)/t19-/m0/s1. The molecule has 0 aliphatic carbocycles. The maximum absolute atomic E-state index is 13.4. The minimum atomic E-state index is -3.76. The van der Waals surface area contributed by atoms with Gasteiger partial charge in [0, 0.05) is 18.1 Å². The van der Waals surface area contributed by atoms with Crippen LogP contribution >= 0.6 is 11.6 Å². The quantitative estimate of drug-likeness (QED) is 0.483. The van der Waals surface area contributed by atoms with Gasteiger partial charge in [-0.1, -0.05) is 54.8 Å². The largest absolute Gasteiger partial charge is 0.354 e. The molecule has 0 saturated carbocycles. The number of hydrogen-bond donors (Lipinski definition) is 1. The SMILES string of the molecule is CCCCNC(=O)[C@H](C)N(Cc1ccc(C)cc1)C(=O)CN(c1ccc(Cl)cc1)S(C)(=O)=O. The summed E-state index contributed by atoms with van der Waals surface area (Å²) in [5.41, 5.74) is 2.25. The highest BCUT2D eigenvalue weighted by Crippen LogP contribution is 2.21. The molecule has 0 bridgehead atoms. The number of carbonyl (C=O) groups excluding carboxylic acids is 2. The molecule has 0 fully saturated rings. The number of halogens is 1. The highest BCUT2D eigenvalue weighted by atomic mass is 35.5. The van der Waals surface area contributed by atoms with Crippen LogP contribution < -0.4 is 9.62 Å². The monoisotopic (exact) mass is 493 g/mol. The molecule has 1 atom stereocenters. The fourth-order valence-electron chi connectivity index (χ4n) is 3.23. The Hall–Kier alpha value is -2.58. The molecule has 0 radical (unpaired) electrons. The Morgan fingerprint density at radius 3 is 2.21 bits per heavy atom. The summed E-state index contributed by atoms with van der Waals surface area (Å²) in [6, 6.07) is 13.1. The maximum Gasteiger partial charge on any atom is 0.244 e. The Balaban J connectivity index is 2.32. The molecule has 2 aromatic carbocycles. The Kier molecular flexibility index (Phi) is 9.73. The molecule has 0 saturated heterocycles. The Morgan fingerprint density at radius 1 is 1.06 bits per heavy atom. The van der Waals surface area contributed by atoms with E-state index < -0.39 is 28.5 Å². The smallest absolute Gasteiger partial charge is 0.244 e. The molecular formula is C24H32ClN3O4S. The summed E-state index contributed by atoms with van der Waals surface area (Å²) in [6.45, 7) is 5.91. The third kappa shape index (κ3) is 8.05. The molecular weight excluding hydrogens is 462 g/mol. The van der Waals surface area contributed by atoms with Crippen LogP contribution in [0, 0.1) is 6.92 Å². The van der Waals surface area contributed by atoms with Crippen molar-refractivity contribution in [1.29, 1.82) is 0 Å². The number of benzene rings is 2. The Bertz CT molecular complexity index is 1040. The predicted molar refractivity (Wildman–Crippen MR) is 133 cm³/mol. The van der Waals surface area contributed by atoms with E-state index in [1.807, 2.05) is 38.1 Å². The van der Waals surface area contributed by atoms with Crippen molar-refractivity contribution in [3.8, 4) is 0 Å². The molecule has 0 heterocycles. The predicted octanol–water partition coefficient (Wildman–Crippen LogP) is 3.75. The van der Waals surface area contributed by atoms with Crippen molar-refractivity contribution in [3.05, 3.63) is 64.7 Å².